The Labute approximate surface area is 210 Å². The fourth-order valence-electron chi connectivity index (χ4n) is 3.98. The Morgan fingerprint density at radius 3 is 2.22 bits per heavy atom. The minimum absolute atomic E-state index is 0.0153. The molecule has 1 aliphatic heterocycles. The van der Waals surface area contributed by atoms with Crippen molar-refractivity contribution in [2.24, 2.45) is 5.92 Å². The van der Waals surface area contributed by atoms with Gasteiger partial charge < -0.3 is 31.5 Å². The minimum atomic E-state index is -1.29. The van der Waals surface area contributed by atoms with Crippen LogP contribution in [0.1, 0.15) is 51.5 Å². The highest BCUT2D eigenvalue weighted by Crippen LogP contribution is 2.12. The molecule has 6 N–H and O–H groups in total. The molecule has 1 heterocycles. The summed E-state index contributed by atoms with van der Waals surface area (Å²) in [7, 11) is 0. The van der Waals surface area contributed by atoms with E-state index in [1.54, 1.807) is 37.3 Å². The van der Waals surface area contributed by atoms with Crippen molar-refractivity contribution >= 4 is 29.7 Å². The van der Waals surface area contributed by atoms with Crippen LogP contribution in [0, 0.1) is 5.92 Å². The van der Waals surface area contributed by atoms with Gasteiger partial charge in [0.05, 0.1) is 6.04 Å². The van der Waals surface area contributed by atoms with Gasteiger partial charge in [0, 0.05) is 12.8 Å². The number of aliphatic carboxylic acids is 2. The Kier molecular flexibility index (Phi) is 11.3. The largest absolute Gasteiger partial charge is 0.481 e. The van der Waals surface area contributed by atoms with E-state index in [1.807, 2.05) is 6.92 Å². The molecule has 2 rings (SSSR count). The summed E-state index contributed by atoms with van der Waals surface area (Å²) in [6, 6.07) is 4.82. The van der Waals surface area contributed by atoms with E-state index in [2.05, 4.69) is 21.3 Å². The highest BCUT2D eigenvalue weighted by atomic mass is 16.4. The van der Waals surface area contributed by atoms with E-state index in [0.717, 1.165) is 6.42 Å². The van der Waals surface area contributed by atoms with Gasteiger partial charge >= 0.3 is 11.9 Å². The molecular formula is C25H36N4O7. The molecule has 1 aromatic rings. The number of carboxylic acids is 2. The first-order valence-electron chi connectivity index (χ1n) is 12.2. The van der Waals surface area contributed by atoms with Crippen molar-refractivity contribution in [1.82, 2.24) is 21.3 Å². The van der Waals surface area contributed by atoms with Gasteiger partial charge in [0.25, 0.3) is 0 Å². The molecule has 0 aliphatic carbocycles. The number of carboxylic acid groups (broad SMARTS) is 2. The third kappa shape index (κ3) is 8.95. The molecule has 11 heteroatoms. The van der Waals surface area contributed by atoms with Crippen molar-refractivity contribution < 1.29 is 34.2 Å². The van der Waals surface area contributed by atoms with Gasteiger partial charge in [-0.15, -0.1) is 0 Å². The predicted molar refractivity (Wildman–Crippen MR) is 131 cm³/mol. The minimum Gasteiger partial charge on any atom is -0.481 e. The number of nitrogens with one attached hydrogen (secondary N) is 4. The SMILES string of the molecule is CCC(C)C(NC(=O)C1CCCN1)C(=O)NC(CCC(=O)O)C(=O)NC(Cc1ccccc1)C(=O)O. The third-order valence-corrected chi connectivity index (χ3v) is 6.35. The van der Waals surface area contributed by atoms with Crippen LogP contribution in [0.4, 0.5) is 0 Å². The summed E-state index contributed by atoms with van der Waals surface area (Å²) in [6.07, 6.45) is 1.44. The Balaban J connectivity index is 2.14. The van der Waals surface area contributed by atoms with Crippen LogP contribution in [-0.4, -0.2) is 70.6 Å². The van der Waals surface area contributed by atoms with E-state index < -0.39 is 54.3 Å². The lowest BCUT2D eigenvalue weighted by molar-refractivity contribution is -0.143. The van der Waals surface area contributed by atoms with Gasteiger partial charge in [-0.1, -0.05) is 50.6 Å². The molecule has 36 heavy (non-hydrogen) atoms. The smallest absolute Gasteiger partial charge is 0.326 e. The Bertz CT molecular complexity index is 918. The maximum absolute atomic E-state index is 13.2. The second-order valence-corrected chi connectivity index (χ2v) is 9.10. The highest BCUT2D eigenvalue weighted by molar-refractivity contribution is 5.94. The normalized spacial score (nSPS) is 18.3. The van der Waals surface area contributed by atoms with Gasteiger partial charge in [-0.3, -0.25) is 19.2 Å². The first kappa shape index (κ1) is 28.8. The standard InChI is InChI=1S/C25H36N4O7/c1-3-15(2)21(29-22(32)17-10-7-13-26-17)24(34)27-18(11-12-20(30)31)23(33)28-19(25(35)36)14-16-8-5-4-6-9-16/h4-6,8-9,15,17-19,21,26H,3,7,10-14H2,1-2H3,(H,27,34)(H,28,33)(H,29,32)(H,30,31)(H,35,36). The number of hydrogen-bond donors (Lipinski definition) is 6. The van der Waals surface area contributed by atoms with E-state index in [-0.39, 0.29) is 24.7 Å². The quantitative estimate of drug-likeness (QED) is 0.211. The molecule has 1 aromatic carbocycles. The van der Waals surface area contributed by atoms with Gasteiger partial charge in [0.1, 0.15) is 18.1 Å². The van der Waals surface area contributed by atoms with Crippen molar-refractivity contribution in [2.75, 3.05) is 6.54 Å². The first-order valence-corrected chi connectivity index (χ1v) is 12.2. The fraction of sp³-hybridized carbons (Fsp3) is 0.560. The molecule has 0 aromatic heterocycles. The molecule has 3 amide bonds. The van der Waals surface area contributed by atoms with E-state index in [4.69, 9.17) is 5.11 Å². The Morgan fingerprint density at radius 1 is 1.00 bits per heavy atom. The lowest BCUT2D eigenvalue weighted by atomic mass is 9.97. The predicted octanol–water partition coefficient (Wildman–Crippen LogP) is 0.431. The lowest BCUT2D eigenvalue weighted by Gasteiger charge is -2.28. The van der Waals surface area contributed by atoms with Crippen LogP contribution in [0.25, 0.3) is 0 Å². The van der Waals surface area contributed by atoms with Crippen LogP contribution in [0.2, 0.25) is 0 Å². The molecule has 198 valence electrons. The van der Waals surface area contributed by atoms with E-state index in [1.165, 1.54) is 0 Å². The van der Waals surface area contributed by atoms with Gasteiger partial charge in [0.2, 0.25) is 17.7 Å². The first-order chi connectivity index (χ1) is 17.1. The molecule has 0 saturated carbocycles. The molecule has 1 saturated heterocycles. The van der Waals surface area contributed by atoms with Crippen LogP contribution >= 0.6 is 0 Å². The Hall–Kier alpha value is -3.47. The highest BCUT2D eigenvalue weighted by Gasteiger charge is 2.33. The van der Waals surface area contributed by atoms with Crippen molar-refractivity contribution in [2.45, 2.75) is 76.5 Å². The van der Waals surface area contributed by atoms with Crippen LogP contribution in [0.3, 0.4) is 0 Å². The number of carbonyl (C=O) groups excluding carboxylic acids is 3. The number of benzene rings is 1. The van der Waals surface area contributed by atoms with E-state index in [0.29, 0.717) is 24.9 Å². The molecule has 5 unspecified atom stereocenters. The maximum atomic E-state index is 13.2. The average molecular weight is 505 g/mol. The second kappa shape index (κ2) is 14.2. The van der Waals surface area contributed by atoms with Gasteiger partial charge in [-0.25, -0.2) is 4.79 Å². The van der Waals surface area contributed by atoms with Gasteiger partial charge in [0.15, 0.2) is 0 Å². The molecule has 0 radical (unpaired) electrons. The summed E-state index contributed by atoms with van der Waals surface area (Å²) in [5, 5.41) is 29.5. The lowest BCUT2D eigenvalue weighted by Crippen LogP contribution is -2.58. The van der Waals surface area contributed by atoms with Gasteiger partial charge in [-0.05, 0) is 37.3 Å². The van der Waals surface area contributed by atoms with Crippen molar-refractivity contribution in [3.8, 4) is 0 Å². The van der Waals surface area contributed by atoms with Crippen molar-refractivity contribution in [1.29, 1.82) is 0 Å². The fourth-order valence-corrected chi connectivity index (χ4v) is 3.98. The number of amides is 3. The summed E-state index contributed by atoms with van der Waals surface area (Å²) in [5.41, 5.74) is 0.691. The topological polar surface area (TPSA) is 174 Å². The second-order valence-electron chi connectivity index (χ2n) is 9.10. The molecule has 11 nitrogen and oxygen atoms in total. The zero-order valence-corrected chi connectivity index (χ0v) is 20.7. The summed E-state index contributed by atoms with van der Waals surface area (Å²) in [5.74, 6) is -4.43. The average Bonchev–Trinajstić information content (AvgIpc) is 3.39. The summed E-state index contributed by atoms with van der Waals surface area (Å²) in [6.45, 7) is 4.36. The molecule has 0 spiro atoms. The zero-order chi connectivity index (χ0) is 26.7. The summed E-state index contributed by atoms with van der Waals surface area (Å²) in [4.78, 5) is 61.8. The van der Waals surface area contributed by atoms with Crippen molar-refractivity contribution in [3.63, 3.8) is 0 Å². The monoisotopic (exact) mass is 504 g/mol. The third-order valence-electron chi connectivity index (χ3n) is 6.35. The summed E-state index contributed by atoms with van der Waals surface area (Å²) >= 11 is 0. The molecule has 0 bridgehead atoms. The number of carbonyl (C=O) groups is 5. The molecular weight excluding hydrogens is 468 g/mol. The number of rotatable bonds is 14. The molecule has 5 atom stereocenters. The zero-order valence-electron chi connectivity index (χ0n) is 20.7. The maximum Gasteiger partial charge on any atom is 0.326 e. The molecule has 1 aliphatic rings. The van der Waals surface area contributed by atoms with E-state index in [9.17, 15) is 29.1 Å². The van der Waals surface area contributed by atoms with Gasteiger partial charge in [-0.2, -0.15) is 0 Å². The summed E-state index contributed by atoms with van der Waals surface area (Å²) < 4.78 is 0. The van der Waals surface area contributed by atoms with E-state index >= 15 is 0 Å². The Morgan fingerprint density at radius 2 is 1.67 bits per heavy atom. The van der Waals surface area contributed by atoms with Crippen LogP contribution in [0.5, 0.6) is 0 Å². The van der Waals surface area contributed by atoms with Crippen molar-refractivity contribution in [3.05, 3.63) is 35.9 Å². The van der Waals surface area contributed by atoms with Crippen LogP contribution in [0.15, 0.2) is 30.3 Å². The van der Waals surface area contributed by atoms with Crippen LogP contribution in [-0.2, 0) is 30.4 Å². The number of hydrogen-bond acceptors (Lipinski definition) is 6. The van der Waals surface area contributed by atoms with Crippen LogP contribution < -0.4 is 21.3 Å². The molecule has 1 fully saturated rings.